The summed E-state index contributed by atoms with van der Waals surface area (Å²) in [6.45, 7) is 0.927. The first-order valence-electron chi connectivity index (χ1n) is 5.28. The topological polar surface area (TPSA) is 3.24 Å². The van der Waals surface area contributed by atoms with E-state index in [1.165, 1.54) is 10.6 Å². The summed E-state index contributed by atoms with van der Waals surface area (Å²) in [6, 6.07) is 10.5. The molecule has 0 saturated heterocycles. The molecular weight excluding hydrogens is 318 g/mol. The molecule has 0 radical (unpaired) electrons. The van der Waals surface area contributed by atoms with Crippen LogP contribution < -0.4 is 4.90 Å². The van der Waals surface area contributed by atoms with E-state index in [2.05, 4.69) is 63.6 Å². The second-order valence-electron chi connectivity index (χ2n) is 3.89. The minimum atomic E-state index is 0.571. The third-order valence-corrected chi connectivity index (χ3v) is 4.54. The zero-order valence-electron chi connectivity index (χ0n) is 9.49. The minimum absolute atomic E-state index is 0.571. The fourth-order valence-electron chi connectivity index (χ4n) is 1.60. The maximum atomic E-state index is 5.77. The molecule has 2 rings (SSSR count). The molecule has 1 nitrogen and oxygen atoms in total. The number of thiophene rings is 1. The van der Waals surface area contributed by atoms with Crippen molar-refractivity contribution in [3.05, 3.63) is 50.6 Å². The third kappa shape index (κ3) is 3.47. The highest BCUT2D eigenvalue weighted by Gasteiger charge is 2.04. The van der Waals surface area contributed by atoms with Crippen molar-refractivity contribution in [3.63, 3.8) is 0 Å². The van der Waals surface area contributed by atoms with Gasteiger partial charge in [0.15, 0.2) is 0 Å². The van der Waals surface area contributed by atoms with E-state index in [1.807, 2.05) is 0 Å². The summed E-state index contributed by atoms with van der Waals surface area (Å²) in [5.74, 6) is 0.571. The molecule has 1 heterocycles. The second-order valence-corrected chi connectivity index (χ2v) is 6.07. The SMILES string of the molecule is CN(Cc1cc(Br)cs1)c1ccc(CCl)cc1. The molecule has 0 unspecified atom stereocenters. The molecule has 0 bridgehead atoms. The summed E-state index contributed by atoms with van der Waals surface area (Å²) in [4.78, 5) is 3.58. The van der Waals surface area contributed by atoms with Crippen LogP contribution in [0, 0.1) is 0 Å². The normalized spacial score (nSPS) is 10.5. The molecule has 90 valence electrons. The Labute approximate surface area is 119 Å². The molecule has 0 aliphatic heterocycles. The van der Waals surface area contributed by atoms with Crippen molar-refractivity contribution in [2.75, 3.05) is 11.9 Å². The largest absolute Gasteiger partial charge is 0.369 e. The van der Waals surface area contributed by atoms with Gasteiger partial charge in [-0.05, 0) is 39.7 Å². The first kappa shape index (κ1) is 12.9. The maximum Gasteiger partial charge on any atom is 0.0519 e. The lowest BCUT2D eigenvalue weighted by Gasteiger charge is -2.18. The zero-order valence-corrected chi connectivity index (χ0v) is 12.6. The van der Waals surface area contributed by atoms with Crippen molar-refractivity contribution in [2.45, 2.75) is 12.4 Å². The lowest BCUT2D eigenvalue weighted by molar-refractivity contribution is 0.939. The average Bonchev–Trinajstić information content (AvgIpc) is 2.75. The van der Waals surface area contributed by atoms with Gasteiger partial charge in [0.25, 0.3) is 0 Å². The van der Waals surface area contributed by atoms with Gasteiger partial charge in [-0.2, -0.15) is 0 Å². The number of halogens is 2. The first-order chi connectivity index (χ1) is 8.19. The molecule has 0 spiro atoms. The lowest BCUT2D eigenvalue weighted by atomic mass is 10.2. The van der Waals surface area contributed by atoms with Gasteiger partial charge < -0.3 is 4.90 Å². The van der Waals surface area contributed by atoms with Gasteiger partial charge in [0.05, 0.1) is 6.54 Å². The van der Waals surface area contributed by atoms with Gasteiger partial charge in [-0.3, -0.25) is 0 Å². The van der Waals surface area contributed by atoms with Crippen LogP contribution in [0.15, 0.2) is 40.2 Å². The van der Waals surface area contributed by atoms with E-state index >= 15 is 0 Å². The number of nitrogens with zero attached hydrogens (tertiary/aromatic N) is 1. The van der Waals surface area contributed by atoms with Crippen LogP contribution in [-0.4, -0.2) is 7.05 Å². The van der Waals surface area contributed by atoms with Crippen LogP contribution in [0.3, 0.4) is 0 Å². The fraction of sp³-hybridized carbons (Fsp3) is 0.231. The maximum absolute atomic E-state index is 5.77. The Morgan fingerprint density at radius 2 is 2.00 bits per heavy atom. The van der Waals surface area contributed by atoms with Crippen LogP contribution in [0.5, 0.6) is 0 Å². The van der Waals surface area contributed by atoms with Gasteiger partial charge in [0, 0.05) is 33.3 Å². The third-order valence-electron chi connectivity index (χ3n) is 2.55. The van der Waals surface area contributed by atoms with Crippen molar-refractivity contribution in [1.82, 2.24) is 0 Å². The van der Waals surface area contributed by atoms with Gasteiger partial charge in [0.1, 0.15) is 0 Å². The van der Waals surface area contributed by atoms with Gasteiger partial charge in [-0.25, -0.2) is 0 Å². The molecule has 17 heavy (non-hydrogen) atoms. The molecule has 1 aromatic heterocycles. The van der Waals surface area contributed by atoms with E-state index < -0.39 is 0 Å². The highest BCUT2D eigenvalue weighted by Crippen LogP contribution is 2.23. The van der Waals surface area contributed by atoms with E-state index in [0.717, 1.165) is 16.6 Å². The quantitative estimate of drug-likeness (QED) is 0.722. The van der Waals surface area contributed by atoms with Gasteiger partial charge >= 0.3 is 0 Å². The molecule has 2 aromatic rings. The lowest BCUT2D eigenvalue weighted by Crippen LogP contribution is -2.15. The number of alkyl halides is 1. The molecule has 0 aliphatic rings. The van der Waals surface area contributed by atoms with Crippen molar-refractivity contribution in [3.8, 4) is 0 Å². The van der Waals surface area contributed by atoms with Crippen molar-refractivity contribution < 1.29 is 0 Å². The molecule has 0 saturated carbocycles. The predicted octanol–water partition coefficient (Wildman–Crippen LogP) is 4.89. The highest BCUT2D eigenvalue weighted by molar-refractivity contribution is 9.10. The Morgan fingerprint density at radius 1 is 1.29 bits per heavy atom. The molecule has 0 fully saturated rings. The van der Waals surface area contributed by atoms with Crippen molar-refractivity contribution >= 4 is 44.6 Å². The van der Waals surface area contributed by atoms with Crippen LogP contribution in [0.2, 0.25) is 0 Å². The average molecular weight is 331 g/mol. The molecule has 0 aliphatic carbocycles. The summed E-state index contributed by atoms with van der Waals surface area (Å²) < 4.78 is 1.16. The fourth-order valence-corrected chi connectivity index (χ4v) is 3.28. The first-order valence-corrected chi connectivity index (χ1v) is 7.48. The summed E-state index contributed by atoms with van der Waals surface area (Å²) >= 11 is 11.0. The molecular formula is C13H13BrClNS. The Balaban J connectivity index is 2.06. The Hall–Kier alpha value is -0.510. The summed E-state index contributed by atoms with van der Waals surface area (Å²) in [6.07, 6.45) is 0. The zero-order chi connectivity index (χ0) is 12.3. The van der Waals surface area contributed by atoms with Crippen LogP contribution in [0.25, 0.3) is 0 Å². The van der Waals surface area contributed by atoms with E-state index in [4.69, 9.17) is 11.6 Å². The van der Waals surface area contributed by atoms with E-state index in [-0.39, 0.29) is 0 Å². The molecule has 4 heteroatoms. The summed E-state index contributed by atoms with van der Waals surface area (Å²) in [7, 11) is 2.10. The Morgan fingerprint density at radius 3 is 2.53 bits per heavy atom. The highest BCUT2D eigenvalue weighted by atomic mass is 79.9. The van der Waals surface area contributed by atoms with Crippen LogP contribution in [-0.2, 0) is 12.4 Å². The molecule has 0 N–H and O–H groups in total. The van der Waals surface area contributed by atoms with Crippen LogP contribution in [0.1, 0.15) is 10.4 Å². The smallest absolute Gasteiger partial charge is 0.0519 e. The molecule has 0 atom stereocenters. The number of hydrogen-bond donors (Lipinski definition) is 0. The van der Waals surface area contributed by atoms with Crippen LogP contribution in [0.4, 0.5) is 5.69 Å². The standard InChI is InChI=1S/C13H13BrClNS/c1-16(8-13-6-11(14)9-17-13)12-4-2-10(7-15)3-5-12/h2-6,9H,7-8H2,1H3. The minimum Gasteiger partial charge on any atom is -0.369 e. The van der Waals surface area contributed by atoms with E-state index in [1.54, 1.807) is 11.3 Å². The molecule has 0 amide bonds. The van der Waals surface area contributed by atoms with Gasteiger partial charge in [-0.15, -0.1) is 22.9 Å². The number of anilines is 1. The number of benzene rings is 1. The predicted molar refractivity (Wildman–Crippen MR) is 80.1 cm³/mol. The van der Waals surface area contributed by atoms with Gasteiger partial charge in [0.2, 0.25) is 0 Å². The van der Waals surface area contributed by atoms with E-state index in [9.17, 15) is 0 Å². The summed E-state index contributed by atoms with van der Waals surface area (Å²) in [5.41, 5.74) is 2.37. The Kier molecular flexibility index (Phi) is 4.48. The van der Waals surface area contributed by atoms with Gasteiger partial charge in [-0.1, -0.05) is 12.1 Å². The van der Waals surface area contributed by atoms with Crippen molar-refractivity contribution in [2.24, 2.45) is 0 Å². The summed E-state index contributed by atoms with van der Waals surface area (Å²) in [5, 5.41) is 2.11. The monoisotopic (exact) mass is 329 g/mol. The molecule has 1 aromatic carbocycles. The number of rotatable bonds is 4. The van der Waals surface area contributed by atoms with E-state index in [0.29, 0.717) is 5.88 Å². The van der Waals surface area contributed by atoms with Crippen LogP contribution >= 0.6 is 38.9 Å². The second kappa shape index (κ2) is 5.89. The van der Waals surface area contributed by atoms with Crippen molar-refractivity contribution in [1.29, 1.82) is 0 Å². The Bertz CT molecular complexity index is 480. The number of hydrogen-bond acceptors (Lipinski definition) is 2.